The molecule has 3 amide bonds. The van der Waals surface area contributed by atoms with Crippen LogP contribution >= 0.6 is 0 Å². The van der Waals surface area contributed by atoms with E-state index < -0.39 is 18.3 Å². The van der Waals surface area contributed by atoms with Gasteiger partial charge in [-0.15, -0.1) is 0 Å². The highest BCUT2D eigenvalue weighted by molar-refractivity contribution is 5.99. The molecular weight excluding hydrogens is 477 g/mol. The Morgan fingerprint density at radius 1 is 1.19 bits per heavy atom. The predicted octanol–water partition coefficient (Wildman–Crippen LogP) is 4.16. The van der Waals surface area contributed by atoms with Crippen LogP contribution in [0, 0.1) is 5.82 Å². The van der Waals surface area contributed by atoms with Crippen LogP contribution < -0.4 is 10.1 Å². The molecule has 2 aromatic carbocycles. The van der Waals surface area contributed by atoms with Gasteiger partial charge < -0.3 is 9.64 Å². The molecule has 36 heavy (non-hydrogen) atoms. The summed E-state index contributed by atoms with van der Waals surface area (Å²) in [5.41, 5.74) is 2.29. The van der Waals surface area contributed by atoms with E-state index in [0.29, 0.717) is 39.8 Å². The highest BCUT2D eigenvalue weighted by Gasteiger charge is 2.31. The molecule has 1 N–H and O–H groups in total. The number of fused-ring (bicyclic) bond motifs is 1. The highest BCUT2D eigenvalue weighted by Crippen LogP contribution is 2.38. The van der Waals surface area contributed by atoms with Crippen LogP contribution in [-0.2, 0) is 16.1 Å². The van der Waals surface area contributed by atoms with Crippen molar-refractivity contribution in [3.05, 3.63) is 59.5 Å². The number of methoxy groups -OCH3 is 1. The Labute approximate surface area is 204 Å². The molecule has 188 valence electrons. The number of imide groups is 1. The molecule has 0 fully saturated rings. The molecule has 0 saturated heterocycles. The van der Waals surface area contributed by atoms with E-state index in [1.54, 1.807) is 23.1 Å². The Hall–Kier alpha value is -4.15. The number of hydrogen-bond donors (Lipinski definition) is 1. The summed E-state index contributed by atoms with van der Waals surface area (Å²) in [6.07, 6.45) is 2.05. The van der Waals surface area contributed by atoms with Gasteiger partial charge in [-0.2, -0.15) is 13.9 Å². The number of benzene rings is 2. The van der Waals surface area contributed by atoms with Crippen molar-refractivity contribution in [3.63, 3.8) is 0 Å². The molecule has 0 radical (unpaired) electrons. The average Bonchev–Trinajstić information content (AvgIpc) is 3.44. The van der Waals surface area contributed by atoms with Crippen molar-refractivity contribution in [2.75, 3.05) is 7.11 Å². The second-order valence-corrected chi connectivity index (χ2v) is 8.36. The molecule has 1 unspecified atom stereocenters. The van der Waals surface area contributed by atoms with Crippen LogP contribution in [0.2, 0.25) is 0 Å². The summed E-state index contributed by atoms with van der Waals surface area (Å²) in [7, 11) is 1.31. The normalized spacial score (nSPS) is 13.6. The van der Waals surface area contributed by atoms with Crippen LogP contribution in [0.25, 0.3) is 22.4 Å². The first-order chi connectivity index (χ1) is 17.2. The lowest BCUT2D eigenvalue weighted by Crippen LogP contribution is -2.34. The molecule has 1 aromatic heterocycles. The van der Waals surface area contributed by atoms with Crippen molar-refractivity contribution in [1.29, 1.82) is 0 Å². The van der Waals surface area contributed by atoms with Crippen molar-refractivity contribution in [2.45, 2.75) is 38.9 Å². The molecule has 1 aliphatic rings. The number of rotatable bonds is 9. The van der Waals surface area contributed by atoms with Gasteiger partial charge in [0.2, 0.25) is 12.3 Å². The summed E-state index contributed by atoms with van der Waals surface area (Å²) >= 11 is 0. The number of carbonyl (C=O) groups is 3. The zero-order valence-electron chi connectivity index (χ0n) is 19.5. The van der Waals surface area contributed by atoms with Gasteiger partial charge in [0.05, 0.1) is 19.0 Å². The summed E-state index contributed by atoms with van der Waals surface area (Å²) in [6, 6.07) is 8.66. The Bertz CT molecular complexity index is 1320. The molecule has 2 heterocycles. The first kappa shape index (κ1) is 25.0. The number of carbonyl (C=O) groups excluding carboxylic acids is 3. The van der Waals surface area contributed by atoms with Crippen molar-refractivity contribution in [3.8, 4) is 28.1 Å². The van der Waals surface area contributed by atoms with Gasteiger partial charge in [-0.1, -0.05) is 6.07 Å². The van der Waals surface area contributed by atoms with Gasteiger partial charge >= 0.3 is 6.55 Å². The minimum Gasteiger partial charge on any atom is -0.494 e. The fourth-order valence-corrected chi connectivity index (χ4v) is 4.32. The summed E-state index contributed by atoms with van der Waals surface area (Å²) in [4.78, 5) is 36.5. The maximum absolute atomic E-state index is 14.4. The van der Waals surface area contributed by atoms with Crippen LogP contribution in [0.5, 0.6) is 5.75 Å². The summed E-state index contributed by atoms with van der Waals surface area (Å²) in [6.45, 7) is -0.877. The van der Waals surface area contributed by atoms with Gasteiger partial charge in [0.25, 0.3) is 5.91 Å². The number of ether oxygens (including phenoxy) is 1. The van der Waals surface area contributed by atoms with Crippen molar-refractivity contribution in [1.82, 2.24) is 20.0 Å². The number of aromatic nitrogens is 2. The van der Waals surface area contributed by atoms with E-state index in [1.165, 1.54) is 25.4 Å². The fourth-order valence-electron chi connectivity index (χ4n) is 4.32. The third-order valence-corrected chi connectivity index (χ3v) is 6.19. The van der Waals surface area contributed by atoms with Crippen molar-refractivity contribution in [2.24, 2.45) is 0 Å². The molecular formula is C25H23F3N4O4. The topological polar surface area (TPSA) is 93.5 Å². The molecule has 3 aromatic rings. The maximum Gasteiger partial charge on any atom is 0.333 e. The molecule has 0 saturated carbocycles. The molecule has 1 atom stereocenters. The minimum atomic E-state index is -2.96. The molecule has 1 aliphatic heterocycles. The first-order valence-electron chi connectivity index (χ1n) is 11.1. The number of alkyl halides is 2. The Balaban J connectivity index is 1.65. The van der Waals surface area contributed by atoms with Gasteiger partial charge in [-0.25, -0.2) is 9.07 Å². The number of hydrogen-bond acceptors (Lipinski definition) is 5. The number of amides is 3. The van der Waals surface area contributed by atoms with E-state index in [9.17, 15) is 27.6 Å². The molecule has 0 aliphatic carbocycles. The minimum absolute atomic E-state index is 0.0164. The molecule has 8 nitrogen and oxygen atoms in total. The van der Waals surface area contributed by atoms with Gasteiger partial charge in [-0.3, -0.25) is 19.7 Å². The van der Waals surface area contributed by atoms with Crippen LogP contribution in [0.1, 0.15) is 42.2 Å². The molecule has 4 rings (SSSR count). The van der Waals surface area contributed by atoms with E-state index in [0.717, 1.165) is 6.07 Å². The van der Waals surface area contributed by atoms with Crippen molar-refractivity contribution < 1.29 is 32.3 Å². The third-order valence-electron chi connectivity index (χ3n) is 6.19. The van der Waals surface area contributed by atoms with Crippen LogP contribution in [0.3, 0.4) is 0 Å². The third kappa shape index (κ3) is 4.68. The molecule has 0 spiro atoms. The average molecular weight is 500 g/mol. The highest BCUT2D eigenvalue weighted by atomic mass is 19.3. The standard InChI is InChI=1S/C25H23F3N4O4/c1-14(3-8-22(34)29-13-33)31-12-17-9-15(4-6-18(17)24(31)35)19-11-30-32(25(27)28)23(19)16-5-7-21(36-2)20(26)10-16/h4-7,9-11,13-14,25H,3,8,12H2,1-2H3,(H,29,33,34). The Morgan fingerprint density at radius 2 is 1.94 bits per heavy atom. The monoisotopic (exact) mass is 500 g/mol. The van der Waals surface area contributed by atoms with E-state index in [-0.39, 0.29) is 41.9 Å². The van der Waals surface area contributed by atoms with E-state index in [1.807, 2.05) is 6.92 Å². The largest absolute Gasteiger partial charge is 0.494 e. The lowest BCUT2D eigenvalue weighted by atomic mass is 9.98. The summed E-state index contributed by atoms with van der Waals surface area (Å²) < 4.78 is 47.3. The van der Waals surface area contributed by atoms with Crippen LogP contribution in [0.4, 0.5) is 13.2 Å². The fraction of sp³-hybridized carbons (Fsp3) is 0.280. The van der Waals surface area contributed by atoms with E-state index in [4.69, 9.17) is 4.74 Å². The number of nitrogens with zero attached hydrogens (tertiary/aromatic N) is 3. The Morgan fingerprint density at radius 3 is 2.61 bits per heavy atom. The van der Waals surface area contributed by atoms with Gasteiger partial charge in [0, 0.05) is 35.7 Å². The van der Waals surface area contributed by atoms with Gasteiger partial charge in [-0.05, 0) is 54.8 Å². The summed E-state index contributed by atoms with van der Waals surface area (Å²) in [5, 5.41) is 5.89. The number of nitrogens with one attached hydrogen (secondary N) is 1. The van der Waals surface area contributed by atoms with Crippen LogP contribution in [0.15, 0.2) is 42.6 Å². The SMILES string of the molecule is COc1ccc(-c2c(-c3ccc4c(c3)CN(C(C)CCC(=O)NC=O)C4=O)cnn2C(F)F)cc1F. The Kier molecular flexibility index (Phi) is 7.09. The van der Waals surface area contributed by atoms with Crippen LogP contribution in [-0.4, -0.2) is 46.1 Å². The van der Waals surface area contributed by atoms with E-state index >= 15 is 0 Å². The lowest BCUT2D eigenvalue weighted by molar-refractivity contribution is -0.125. The zero-order valence-corrected chi connectivity index (χ0v) is 19.5. The lowest BCUT2D eigenvalue weighted by Gasteiger charge is -2.23. The van der Waals surface area contributed by atoms with Gasteiger partial charge in [0.15, 0.2) is 11.6 Å². The molecule has 0 bridgehead atoms. The second-order valence-electron chi connectivity index (χ2n) is 8.36. The van der Waals surface area contributed by atoms with Crippen molar-refractivity contribution >= 4 is 18.2 Å². The first-order valence-corrected chi connectivity index (χ1v) is 11.1. The second kappa shape index (κ2) is 10.2. The summed E-state index contributed by atoms with van der Waals surface area (Å²) in [5.74, 6) is -1.35. The predicted molar refractivity (Wildman–Crippen MR) is 124 cm³/mol. The van der Waals surface area contributed by atoms with Gasteiger partial charge in [0.1, 0.15) is 0 Å². The number of halogens is 3. The smallest absolute Gasteiger partial charge is 0.333 e. The zero-order chi connectivity index (χ0) is 26.0. The quantitative estimate of drug-likeness (QED) is 0.446. The maximum atomic E-state index is 14.4. The molecule has 11 heteroatoms. The van der Waals surface area contributed by atoms with E-state index in [2.05, 4.69) is 10.4 Å².